The Morgan fingerprint density at radius 3 is 2.47 bits per heavy atom. The summed E-state index contributed by atoms with van der Waals surface area (Å²) < 4.78 is 6.29. The Hall–Kier alpha value is -1.02. The van der Waals surface area contributed by atoms with Crippen LogP contribution in [0, 0.1) is 26.2 Å². The SMILES string of the molecule is Cc1cc(C)c(C)c(OC2CC(O)C23CCCC3)c1. The lowest BCUT2D eigenvalue weighted by molar-refractivity contribution is -0.152. The fourth-order valence-corrected chi connectivity index (χ4v) is 3.86. The number of hydrogen-bond acceptors (Lipinski definition) is 2. The summed E-state index contributed by atoms with van der Waals surface area (Å²) in [5, 5.41) is 10.1. The first-order valence-electron chi connectivity index (χ1n) is 7.45. The molecule has 0 aromatic heterocycles. The second-order valence-corrected chi connectivity index (χ2v) is 6.50. The molecule has 0 bridgehead atoms. The Morgan fingerprint density at radius 1 is 1.16 bits per heavy atom. The molecule has 0 radical (unpaired) electrons. The minimum absolute atomic E-state index is 0.0596. The predicted octanol–water partition coefficient (Wildman–Crippen LogP) is 3.68. The smallest absolute Gasteiger partial charge is 0.123 e. The first-order chi connectivity index (χ1) is 9.03. The molecule has 1 aromatic carbocycles. The number of aliphatic hydroxyl groups excluding tert-OH is 1. The summed E-state index contributed by atoms with van der Waals surface area (Å²) >= 11 is 0. The molecule has 104 valence electrons. The highest BCUT2D eigenvalue weighted by Crippen LogP contribution is 2.54. The Balaban J connectivity index is 1.83. The van der Waals surface area contributed by atoms with Crippen LogP contribution >= 0.6 is 0 Å². The zero-order valence-corrected chi connectivity index (χ0v) is 12.2. The van der Waals surface area contributed by atoms with Crippen molar-refractivity contribution in [2.24, 2.45) is 5.41 Å². The molecule has 2 unspecified atom stereocenters. The van der Waals surface area contributed by atoms with Gasteiger partial charge in [-0.15, -0.1) is 0 Å². The average Bonchev–Trinajstić information content (AvgIpc) is 2.87. The van der Waals surface area contributed by atoms with Gasteiger partial charge in [0.25, 0.3) is 0 Å². The standard InChI is InChI=1S/C17H24O2/c1-11-8-12(2)13(3)14(9-11)19-16-10-15(18)17(16)6-4-5-7-17/h8-9,15-16,18H,4-7,10H2,1-3H3. The van der Waals surface area contributed by atoms with E-state index in [0.717, 1.165) is 25.0 Å². The van der Waals surface area contributed by atoms with Crippen LogP contribution in [0.2, 0.25) is 0 Å². The van der Waals surface area contributed by atoms with Gasteiger partial charge in [-0.3, -0.25) is 0 Å². The molecule has 0 amide bonds. The third kappa shape index (κ3) is 1.97. The molecule has 2 atom stereocenters. The van der Waals surface area contributed by atoms with Crippen molar-refractivity contribution in [1.82, 2.24) is 0 Å². The number of benzene rings is 1. The largest absolute Gasteiger partial charge is 0.489 e. The van der Waals surface area contributed by atoms with E-state index in [-0.39, 0.29) is 17.6 Å². The van der Waals surface area contributed by atoms with Crippen LogP contribution in [0.15, 0.2) is 12.1 Å². The molecule has 19 heavy (non-hydrogen) atoms. The maximum atomic E-state index is 10.1. The summed E-state index contributed by atoms with van der Waals surface area (Å²) in [5.41, 5.74) is 3.83. The van der Waals surface area contributed by atoms with Gasteiger partial charge in [0.1, 0.15) is 11.9 Å². The number of rotatable bonds is 2. The zero-order valence-electron chi connectivity index (χ0n) is 12.2. The minimum atomic E-state index is -0.147. The highest BCUT2D eigenvalue weighted by atomic mass is 16.5. The Morgan fingerprint density at radius 2 is 1.84 bits per heavy atom. The van der Waals surface area contributed by atoms with Gasteiger partial charge in [-0.25, -0.2) is 0 Å². The molecule has 2 fully saturated rings. The monoisotopic (exact) mass is 260 g/mol. The van der Waals surface area contributed by atoms with Crippen molar-refractivity contribution in [1.29, 1.82) is 0 Å². The molecule has 0 heterocycles. The molecule has 2 nitrogen and oxygen atoms in total. The maximum Gasteiger partial charge on any atom is 0.123 e. The van der Waals surface area contributed by atoms with Gasteiger partial charge < -0.3 is 9.84 Å². The molecule has 2 aliphatic carbocycles. The van der Waals surface area contributed by atoms with Gasteiger partial charge in [0, 0.05) is 11.8 Å². The lowest BCUT2D eigenvalue weighted by Crippen LogP contribution is -2.58. The number of hydrogen-bond donors (Lipinski definition) is 1. The second-order valence-electron chi connectivity index (χ2n) is 6.50. The summed E-state index contributed by atoms with van der Waals surface area (Å²) in [5.74, 6) is 1.01. The van der Waals surface area contributed by atoms with Gasteiger partial charge in [0.2, 0.25) is 0 Å². The van der Waals surface area contributed by atoms with Gasteiger partial charge in [-0.1, -0.05) is 18.9 Å². The first-order valence-corrected chi connectivity index (χ1v) is 7.45. The third-order valence-electron chi connectivity index (χ3n) is 5.31. The van der Waals surface area contributed by atoms with Gasteiger partial charge in [-0.05, 0) is 56.4 Å². The Kier molecular flexibility index (Phi) is 3.09. The van der Waals surface area contributed by atoms with Crippen LogP contribution in [0.25, 0.3) is 0 Å². The fraction of sp³-hybridized carbons (Fsp3) is 0.647. The van der Waals surface area contributed by atoms with Crippen molar-refractivity contribution in [2.45, 2.75) is 65.1 Å². The predicted molar refractivity (Wildman–Crippen MR) is 76.6 cm³/mol. The quantitative estimate of drug-likeness (QED) is 0.879. The summed E-state index contributed by atoms with van der Waals surface area (Å²) in [6, 6.07) is 4.33. The van der Waals surface area contributed by atoms with Crippen molar-refractivity contribution in [3.8, 4) is 5.75 Å². The van der Waals surface area contributed by atoms with Gasteiger partial charge in [0.15, 0.2) is 0 Å². The number of aliphatic hydroxyl groups is 1. The van der Waals surface area contributed by atoms with Crippen LogP contribution in [0.4, 0.5) is 0 Å². The van der Waals surface area contributed by atoms with E-state index in [1.54, 1.807) is 0 Å². The van der Waals surface area contributed by atoms with Crippen LogP contribution in [0.5, 0.6) is 5.75 Å². The van der Waals surface area contributed by atoms with Crippen LogP contribution in [-0.4, -0.2) is 17.3 Å². The van der Waals surface area contributed by atoms with E-state index in [4.69, 9.17) is 4.74 Å². The minimum Gasteiger partial charge on any atom is -0.489 e. The van der Waals surface area contributed by atoms with Gasteiger partial charge >= 0.3 is 0 Å². The topological polar surface area (TPSA) is 29.5 Å². The van der Waals surface area contributed by atoms with Crippen molar-refractivity contribution < 1.29 is 9.84 Å². The fourth-order valence-electron chi connectivity index (χ4n) is 3.86. The molecule has 1 N–H and O–H groups in total. The van der Waals surface area contributed by atoms with E-state index in [9.17, 15) is 5.11 Å². The van der Waals surface area contributed by atoms with E-state index in [1.165, 1.54) is 29.5 Å². The molecule has 2 aliphatic rings. The molecule has 3 rings (SSSR count). The van der Waals surface area contributed by atoms with E-state index in [0.29, 0.717) is 0 Å². The Bertz CT molecular complexity index is 486. The summed E-state index contributed by atoms with van der Waals surface area (Å²) in [7, 11) is 0. The Labute approximate surface area is 115 Å². The van der Waals surface area contributed by atoms with Crippen LogP contribution in [0.3, 0.4) is 0 Å². The maximum absolute atomic E-state index is 10.1. The summed E-state index contributed by atoms with van der Waals surface area (Å²) in [6.07, 6.45) is 5.60. The number of ether oxygens (including phenoxy) is 1. The van der Waals surface area contributed by atoms with E-state index in [2.05, 4.69) is 32.9 Å². The molecule has 0 aliphatic heterocycles. The van der Waals surface area contributed by atoms with Crippen molar-refractivity contribution >= 4 is 0 Å². The highest BCUT2D eigenvalue weighted by molar-refractivity contribution is 5.42. The lowest BCUT2D eigenvalue weighted by Gasteiger charge is -2.51. The highest BCUT2D eigenvalue weighted by Gasteiger charge is 2.57. The second kappa shape index (κ2) is 4.52. The average molecular weight is 260 g/mol. The van der Waals surface area contributed by atoms with E-state index < -0.39 is 0 Å². The van der Waals surface area contributed by atoms with E-state index >= 15 is 0 Å². The van der Waals surface area contributed by atoms with Crippen LogP contribution in [0.1, 0.15) is 48.8 Å². The van der Waals surface area contributed by atoms with Crippen LogP contribution < -0.4 is 4.74 Å². The first kappa shape index (κ1) is 13.0. The van der Waals surface area contributed by atoms with Crippen molar-refractivity contribution in [3.63, 3.8) is 0 Å². The van der Waals surface area contributed by atoms with Gasteiger partial charge in [0.05, 0.1) is 6.10 Å². The van der Waals surface area contributed by atoms with E-state index in [1.807, 2.05) is 0 Å². The summed E-state index contributed by atoms with van der Waals surface area (Å²) in [4.78, 5) is 0. The molecule has 1 aromatic rings. The van der Waals surface area contributed by atoms with Gasteiger partial charge in [-0.2, -0.15) is 0 Å². The molecule has 2 heteroatoms. The normalized spacial score (nSPS) is 28.4. The molecule has 0 saturated heterocycles. The molecular weight excluding hydrogens is 236 g/mol. The van der Waals surface area contributed by atoms with Crippen molar-refractivity contribution in [3.05, 3.63) is 28.8 Å². The van der Waals surface area contributed by atoms with Crippen molar-refractivity contribution in [2.75, 3.05) is 0 Å². The third-order valence-corrected chi connectivity index (χ3v) is 5.31. The molecule has 2 saturated carbocycles. The molecular formula is C17H24O2. The lowest BCUT2D eigenvalue weighted by atomic mass is 9.62. The summed E-state index contributed by atoms with van der Waals surface area (Å²) in [6.45, 7) is 6.37. The van der Waals surface area contributed by atoms with Crippen LogP contribution in [-0.2, 0) is 0 Å². The zero-order chi connectivity index (χ0) is 13.6. The molecule has 1 spiro atoms. The number of aryl methyl sites for hydroxylation is 2.